The highest BCUT2D eigenvalue weighted by Crippen LogP contribution is 2.46. The molecule has 0 atom stereocenters. The Hall–Kier alpha value is -3.54. The van der Waals surface area contributed by atoms with E-state index in [0.29, 0.717) is 17.2 Å². The van der Waals surface area contributed by atoms with Crippen LogP contribution in [0.5, 0.6) is 0 Å². The Labute approximate surface area is 198 Å². The van der Waals surface area contributed by atoms with E-state index in [9.17, 15) is 14.7 Å². The van der Waals surface area contributed by atoms with E-state index < -0.39 is 5.97 Å². The Morgan fingerprint density at radius 3 is 2.53 bits per heavy atom. The van der Waals surface area contributed by atoms with Gasteiger partial charge in [0.25, 0.3) is 5.91 Å². The normalized spacial score (nSPS) is 16.3. The number of rotatable bonds is 3. The first kappa shape index (κ1) is 21.0. The van der Waals surface area contributed by atoms with Gasteiger partial charge in [-0.2, -0.15) is 0 Å². The van der Waals surface area contributed by atoms with E-state index in [2.05, 4.69) is 32.7 Å². The lowest BCUT2D eigenvalue weighted by molar-refractivity contribution is 0.0696. The second-order valence-corrected chi connectivity index (χ2v) is 9.64. The number of carbonyl (C=O) groups excluding carboxylic acids is 1. The van der Waals surface area contributed by atoms with Gasteiger partial charge in [-0.15, -0.1) is 0 Å². The van der Waals surface area contributed by atoms with E-state index in [-0.39, 0.29) is 5.91 Å². The van der Waals surface area contributed by atoms with Crippen LogP contribution in [0.3, 0.4) is 0 Å². The molecule has 1 aliphatic heterocycles. The van der Waals surface area contributed by atoms with Gasteiger partial charge in [0.15, 0.2) is 0 Å². The van der Waals surface area contributed by atoms with Crippen LogP contribution in [0, 0.1) is 0 Å². The van der Waals surface area contributed by atoms with Crippen LogP contribution < -0.4 is 5.32 Å². The summed E-state index contributed by atoms with van der Waals surface area (Å²) < 4.78 is 4.54. The van der Waals surface area contributed by atoms with Crippen molar-refractivity contribution in [2.24, 2.45) is 0 Å². The zero-order valence-corrected chi connectivity index (χ0v) is 19.4. The van der Waals surface area contributed by atoms with Gasteiger partial charge in [0.2, 0.25) is 0 Å². The molecule has 0 unspecified atom stereocenters. The van der Waals surface area contributed by atoms with Gasteiger partial charge in [-0.1, -0.05) is 43.5 Å². The van der Waals surface area contributed by atoms with E-state index in [1.807, 2.05) is 18.2 Å². The second-order valence-electron chi connectivity index (χ2n) is 9.64. The summed E-state index contributed by atoms with van der Waals surface area (Å²) in [6.07, 6.45) is 6.92. The molecule has 6 heteroatoms. The van der Waals surface area contributed by atoms with Crippen LogP contribution in [-0.4, -0.2) is 33.2 Å². The molecule has 0 saturated heterocycles. The van der Waals surface area contributed by atoms with E-state index in [1.54, 1.807) is 13.1 Å². The van der Waals surface area contributed by atoms with Crippen molar-refractivity contribution in [2.75, 3.05) is 7.05 Å². The van der Waals surface area contributed by atoms with Gasteiger partial charge in [0.05, 0.1) is 16.8 Å². The van der Waals surface area contributed by atoms with Crippen LogP contribution >= 0.6 is 0 Å². The summed E-state index contributed by atoms with van der Waals surface area (Å²) in [5.41, 5.74) is 6.84. The topological polar surface area (TPSA) is 76.3 Å². The first-order valence-corrected chi connectivity index (χ1v) is 12.3. The molecule has 2 N–H and O–H groups in total. The number of carboxylic acids is 1. The van der Waals surface area contributed by atoms with Gasteiger partial charge < -0.3 is 19.6 Å². The number of aromatic nitrogens is 2. The third-order valence-corrected chi connectivity index (χ3v) is 7.76. The summed E-state index contributed by atoms with van der Waals surface area (Å²) in [4.78, 5) is 24.5. The number of carbonyl (C=O) groups is 2. The van der Waals surface area contributed by atoms with Crippen molar-refractivity contribution >= 4 is 33.7 Å². The highest BCUT2D eigenvalue weighted by atomic mass is 16.4. The van der Waals surface area contributed by atoms with Crippen molar-refractivity contribution in [3.05, 3.63) is 59.3 Å². The Balaban J connectivity index is 1.72. The number of para-hydroxylation sites is 1. The Morgan fingerprint density at radius 2 is 1.76 bits per heavy atom. The molecule has 2 aromatic heterocycles. The first-order valence-electron chi connectivity index (χ1n) is 12.3. The maximum absolute atomic E-state index is 12.7. The molecule has 174 valence electrons. The van der Waals surface area contributed by atoms with Gasteiger partial charge in [-0.3, -0.25) is 4.79 Å². The summed E-state index contributed by atoms with van der Waals surface area (Å²) in [5, 5.41) is 14.7. The third kappa shape index (κ3) is 3.08. The van der Waals surface area contributed by atoms with Crippen molar-refractivity contribution in [1.29, 1.82) is 0 Å². The van der Waals surface area contributed by atoms with Gasteiger partial charge >= 0.3 is 5.97 Å². The van der Waals surface area contributed by atoms with Gasteiger partial charge in [-0.25, -0.2) is 4.79 Å². The molecule has 0 radical (unpaired) electrons. The number of carboxylic acid groups (broad SMARTS) is 1. The number of fused-ring (bicyclic) bond motifs is 4. The van der Waals surface area contributed by atoms with Gasteiger partial charge in [0, 0.05) is 42.0 Å². The van der Waals surface area contributed by atoms with Gasteiger partial charge in [-0.05, 0) is 48.9 Å². The number of nitrogens with zero attached hydrogens (tertiary/aromatic N) is 2. The maximum Gasteiger partial charge on any atom is 0.335 e. The SMILES string of the molecule is CNC(=O)c1cc2cccc3c2n1CCCn1c-3c(C2CCCCC2)c2ccc(C(=O)O)cc21. The molecule has 0 bridgehead atoms. The molecular weight excluding hydrogens is 426 g/mol. The highest BCUT2D eigenvalue weighted by molar-refractivity contribution is 6.06. The largest absolute Gasteiger partial charge is 0.478 e. The lowest BCUT2D eigenvalue weighted by Crippen LogP contribution is -2.22. The molecule has 1 saturated carbocycles. The van der Waals surface area contributed by atoms with Crippen molar-refractivity contribution in [3.63, 3.8) is 0 Å². The van der Waals surface area contributed by atoms with Crippen LogP contribution in [0.25, 0.3) is 33.1 Å². The summed E-state index contributed by atoms with van der Waals surface area (Å²) in [6, 6.07) is 14.0. The molecule has 34 heavy (non-hydrogen) atoms. The summed E-state index contributed by atoms with van der Waals surface area (Å²) in [6.45, 7) is 1.52. The van der Waals surface area contributed by atoms with Crippen LogP contribution in [0.1, 0.15) is 70.9 Å². The first-order chi connectivity index (χ1) is 16.6. The average molecular weight is 456 g/mol. The highest BCUT2D eigenvalue weighted by Gasteiger charge is 2.30. The molecule has 3 heterocycles. The zero-order valence-electron chi connectivity index (χ0n) is 19.4. The molecule has 0 spiro atoms. The van der Waals surface area contributed by atoms with E-state index in [0.717, 1.165) is 54.3 Å². The minimum atomic E-state index is -0.895. The fourth-order valence-corrected chi connectivity index (χ4v) is 6.29. The van der Waals surface area contributed by atoms with Gasteiger partial charge in [0.1, 0.15) is 5.69 Å². The Kier molecular flexibility index (Phi) is 4.97. The fourth-order valence-electron chi connectivity index (χ4n) is 6.29. The van der Waals surface area contributed by atoms with Crippen LogP contribution in [0.2, 0.25) is 0 Å². The molecule has 1 fully saturated rings. The number of aryl methyl sites for hydroxylation is 2. The minimum absolute atomic E-state index is 0.0677. The summed E-state index contributed by atoms with van der Waals surface area (Å²) >= 11 is 0. The lowest BCUT2D eigenvalue weighted by atomic mass is 9.81. The molecule has 1 amide bonds. The van der Waals surface area contributed by atoms with Crippen molar-refractivity contribution < 1.29 is 14.7 Å². The van der Waals surface area contributed by atoms with E-state index in [4.69, 9.17) is 0 Å². The van der Waals surface area contributed by atoms with Crippen molar-refractivity contribution in [1.82, 2.24) is 14.5 Å². The molecule has 6 nitrogen and oxygen atoms in total. The molecular formula is C28H29N3O3. The predicted molar refractivity (Wildman–Crippen MR) is 134 cm³/mol. The van der Waals surface area contributed by atoms with Crippen LogP contribution in [0.15, 0.2) is 42.5 Å². The van der Waals surface area contributed by atoms with E-state index >= 15 is 0 Å². The van der Waals surface area contributed by atoms with Crippen molar-refractivity contribution in [2.45, 2.75) is 57.5 Å². The fraction of sp³-hybridized carbons (Fsp3) is 0.357. The molecule has 6 rings (SSSR count). The third-order valence-electron chi connectivity index (χ3n) is 7.76. The number of amides is 1. The zero-order chi connectivity index (χ0) is 23.4. The number of benzene rings is 2. The van der Waals surface area contributed by atoms with E-state index in [1.165, 1.54) is 35.9 Å². The smallest absolute Gasteiger partial charge is 0.335 e. The predicted octanol–water partition coefficient (Wildman–Crippen LogP) is 5.77. The molecule has 2 aromatic carbocycles. The number of hydrogen-bond donors (Lipinski definition) is 2. The van der Waals surface area contributed by atoms with Crippen LogP contribution in [0.4, 0.5) is 0 Å². The Bertz CT molecular complexity index is 1450. The number of nitrogens with one attached hydrogen (secondary N) is 1. The quantitative estimate of drug-likeness (QED) is 0.412. The monoisotopic (exact) mass is 455 g/mol. The molecule has 4 aromatic rings. The maximum atomic E-state index is 12.7. The second kappa shape index (κ2) is 8.05. The minimum Gasteiger partial charge on any atom is -0.478 e. The molecule has 1 aliphatic carbocycles. The number of hydrogen-bond acceptors (Lipinski definition) is 2. The average Bonchev–Trinajstić information content (AvgIpc) is 3.38. The standard InChI is InChI=1S/C28H29N3O3/c1-29-27(32)23-15-18-9-5-10-21-25(18)31(23)14-6-13-30-22-16-19(28(33)34)11-12-20(22)24(26(21)30)17-7-3-2-4-8-17/h5,9-12,15-17H,2-4,6-8,13-14H2,1H3,(H,29,32)(H,33,34). The summed E-state index contributed by atoms with van der Waals surface area (Å²) in [7, 11) is 1.68. The van der Waals surface area contributed by atoms with Crippen molar-refractivity contribution in [3.8, 4) is 11.3 Å². The lowest BCUT2D eigenvalue weighted by Gasteiger charge is -2.25. The molecule has 2 aliphatic rings. The Morgan fingerprint density at radius 1 is 0.971 bits per heavy atom. The summed E-state index contributed by atoms with van der Waals surface area (Å²) in [5.74, 6) is -0.504. The van der Waals surface area contributed by atoms with Crippen LogP contribution in [-0.2, 0) is 13.1 Å². The number of aromatic carboxylic acids is 1.